The van der Waals surface area contributed by atoms with Gasteiger partial charge in [0.25, 0.3) is 0 Å². The molecule has 14 heteroatoms. The van der Waals surface area contributed by atoms with E-state index in [1.54, 1.807) is 27.2 Å². The SMILES string of the molecule is COC1(C)CN(CCc2cn([C@H]3CCCCCCCc4cc(F)cc(C)c4-c4cc(c(F)c(C(F)(F)F)c4)[C@H](CC(=O)O)NC3=O)c(=O)nc2C)C1. The molecule has 0 unspecified atom stereocenters. The predicted octanol–water partition coefficient (Wildman–Crippen LogP) is 6.86. The number of aryl methyl sites for hydroxylation is 3. The van der Waals surface area contributed by atoms with Gasteiger partial charge >= 0.3 is 17.8 Å². The molecule has 5 rings (SSSR count). The van der Waals surface area contributed by atoms with Gasteiger partial charge in [-0.15, -0.1) is 0 Å². The number of rotatable bonds is 7. The number of methoxy groups -OCH3 is 1. The van der Waals surface area contributed by atoms with Crippen molar-refractivity contribution >= 4 is 11.9 Å². The highest BCUT2D eigenvalue weighted by atomic mass is 19.4. The average Bonchev–Trinajstić information content (AvgIpc) is 3.03. The minimum atomic E-state index is -5.18. The van der Waals surface area contributed by atoms with Gasteiger partial charge in [-0.3, -0.25) is 19.1 Å². The van der Waals surface area contributed by atoms with E-state index in [0.29, 0.717) is 73.5 Å². The molecule has 3 heterocycles. The number of amides is 1. The lowest BCUT2D eigenvalue weighted by atomic mass is 9.87. The van der Waals surface area contributed by atoms with Gasteiger partial charge in [0.1, 0.15) is 17.7 Å². The van der Waals surface area contributed by atoms with Crippen LogP contribution in [-0.4, -0.2) is 63.8 Å². The summed E-state index contributed by atoms with van der Waals surface area (Å²) in [6.45, 7) is 7.34. The number of aromatic nitrogens is 2. The maximum absolute atomic E-state index is 16.0. The minimum absolute atomic E-state index is 0.0823. The first kappa shape index (κ1) is 39.0. The lowest BCUT2D eigenvalue weighted by Crippen LogP contribution is -2.61. The molecule has 282 valence electrons. The van der Waals surface area contributed by atoms with Crippen LogP contribution in [0.4, 0.5) is 22.0 Å². The Bertz CT molecular complexity index is 1870. The zero-order valence-corrected chi connectivity index (χ0v) is 29.8. The van der Waals surface area contributed by atoms with Crippen LogP contribution in [0.3, 0.4) is 0 Å². The van der Waals surface area contributed by atoms with Gasteiger partial charge < -0.3 is 15.2 Å². The lowest BCUT2D eigenvalue weighted by molar-refractivity contribution is -0.140. The molecular formula is C38H45F5N4O5. The fourth-order valence-corrected chi connectivity index (χ4v) is 7.46. The van der Waals surface area contributed by atoms with Crippen LogP contribution < -0.4 is 11.0 Å². The first-order valence-electron chi connectivity index (χ1n) is 17.6. The molecule has 2 aromatic carbocycles. The smallest absolute Gasteiger partial charge is 0.419 e. The van der Waals surface area contributed by atoms with Crippen molar-refractivity contribution in [1.82, 2.24) is 19.8 Å². The zero-order valence-electron chi connectivity index (χ0n) is 29.8. The average molecular weight is 733 g/mol. The zero-order chi connectivity index (χ0) is 38.0. The maximum Gasteiger partial charge on any atom is 0.419 e. The summed E-state index contributed by atoms with van der Waals surface area (Å²) in [5, 5.41) is 12.3. The van der Waals surface area contributed by atoms with Crippen LogP contribution in [0.2, 0.25) is 0 Å². The van der Waals surface area contributed by atoms with Crippen molar-refractivity contribution in [2.24, 2.45) is 0 Å². The summed E-state index contributed by atoms with van der Waals surface area (Å²) in [4.78, 5) is 46.0. The molecule has 2 aliphatic heterocycles. The summed E-state index contributed by atoms with van der Waals surface area (Å²) in [5.41, 5.74) is -1.11. The molecule has 2 aliphatic rings. The van der Waals surface area contributed by atoms with Crippen LogP contribution >= 0.6 is 0 Å². The molecule has 2 bridgehead atoms. The van der Waals surface area contributed by atoms with Crippen molar-refractivity contribution in [1.29, 1.82) is 0 Å². The van der Waals surface area contributed by atoms with Crippen molar-refractivity contribution < 1.29 is 41.4 Å². The van der Waals surface area contributed by atoms with Crippen LogP contribution in [0.1, 0.15) is 97.5 Å². The third kappa shape index (κ3) is 8.88. The third-order valence-corrected chi connectivity index (χ3v) is 10.3. The summed E-state index contributed by atoms with van der Waals surface area (Å²) >= 11 is 0. The van der Waals surface area contributed by atoms with Crippen LogP contribution in [0.5, 0.6) is 0 Å². The quantitative estimate of drug-likeness (QED) is 0.256. The Morgan fingerprint density at radius 2 is 1.75 bits per heavy atom. The first-order valence-corrected chi connectivity index (χ1v) is 17.6. The Hall–Kier alpha value is -4.17. The molecule has 0 saturated carbocycles. The molecule has 0 spiro atoms. The van der Waals surface area contributed by atoms with E-state index in [-0.39, 0.29) is 23.1 Å². The number of hydrogen-bond acceptors (Lipinski definition) is 6. The highest BCUT2D eigenvalue weighted by Gasteiger charge is 2.39. The second-order valence-electron chi connectivity index (χ2n) is 14.3. The molecule has 9 nitrogen and oxygen atoms in total. The summed E-state index contributed by atoms with van der Waals surface area (Å²) in [5.74, 6) is -4.65. The Kier molecular flexibility index (Phi) is 11.9. The fourth-order valence-electron chi connectivity index (χ4n) is 7.46. The largest absolute Gasteiger partial charge is 0.481 e. The van der Waals surface area contributed by atoms with E-state index in [9.17, 15) is 37.1 Å². The van der Waals surface area contributed by atoms with Gasteiger partial charge in [0.05, 0.1) is 23.6 Å². The van der Waals surface area contributed by atoms with Crippen molar-refractivity contribution in [3.8, 4) is 11.1 Å². The van der Waals surface area contributed by atoms with Crippen molar-refractivity contribution in [2.75, 3.05) is 26.7 Å². The van der Waals surface area contributed by atoms with Gasteiger partial charge in [0.2, 0.25) is 5.91 Å². The van der Waals surface area contributed by atoms with Crippen molar-refractivity contribution in [2.45, 2.75) is 102 Å². The number of carboxylic acid groups (broad SMARTS) is 1. The molecule has 3 aromatic rings. The monoisotopic (exact) mass is 732 g/mol. The highest BCUT2D eigenvalue weighted by Crippen LogP contribution is 2.40. The molecule has 2 N–H and O–H groups in total. The Morgan fingerprint density at radius 1 is 1.06 bits per heavy atom. The number of likely N-dealkylation sites (tertiary alicyclic amines) is 1. The second kappa shape index (κ2) is 15.8. The molecule has 0 aliphatic carbocycles. The Balaban J connectivity index is 1.58. The number of alkyl halides is 3. The van der Waals surface area contributed by atoms with Gasteiger partial charge in [-0.25, -0.2) is 13.6 Å². The van der Waals surface area contributed by atoms with E-state index in [0.717, 1.165) is 25.6 Å². The number of nitrogens with zero attached hydrogens (tertiary/aromatic N) is 3. The van der Waals surface area contributed by atoms with E-state index in [2.05, 4.69) is 15.2 Å². The summed E-state index contributed by atoms with van der Waals surface area (Å²) in [6, 6.07) is 1.22. The van der Waals surface area contributed by atoms with E-state index >= 15 is 4.39 Å². The van der Waals surface area contributed by atoms with Crippen LogP contribution in [0, 0.1) is 25.5 Å². The number of aliphatic carboxylic acids is 1. The summed E-state index contributed by atoms with van der Waals surface area (Å²) in [7, 11) is 1.66. The van der Waals surface area contributed by atoms with Gasteiger partial charge in [-0.2, -0.15) is 18.2 Å². The standard InChI is InChI=1S/C38H45F5N4O5/c1-22-14-27(39)15-24-10-8-6-5-7-9-11-31(47-19-25(23(2)44-36(47)51)12-13-46-20-37(3,21-46)52-4)35(50)45-30(18-32(48)49)28-16-26(33(22)24)17-29(34(28)40)38(41,42)43/h14-17,19,30-31H,5-13,18,20-21H2,1-4H3,(H,45,50)(H,48,49)/t30-,31-/m0/s1. The molecule has 52 heavy (non-hydrogen) atoms. The Morgan fingerprint density at radius 3 is 2.42 bits per heavy atom. The van der Waals surface area contributed by atoms with Gasteiger partial charge in [0.15, 0.2) is 0 Å². The van der Waals surface area contributed by atoms with Crippen molar-refractivity contribution in [3.05, 3.63) is 86.1 Å². The van der Waals surface area contributed by atoms with E-state index in [1.807, 2.05) is 6.92 Å². The van der Waals surface area contributed by atoms with Crippen LogP contribution in [-0.2, 0) is 33.3 Å². The first-order chi connectivity index (χ1) is 24.5. The van der Waals surface area contributed by atoms with Gasteiger partial charge in [0, 0.05) is 44.2 Å². The molecular weight excluding hydrogens is 687 g/mol. The molecule has 0 radical (unpaired) electrons. The number of ether oxygens (including phenoxy) is 1. The molecule has 1 amide bonds. The molecule has 1 fully saturated rings. The second-order valence-corrected chi connectivity index (χ2v) is 14.3. The number of nitrogens with one attached hydrogen (secondary N) is 1. The summed E-state index contributed by atoms with van der Waals surface area (Å²) in [6.07, 6.45) is -0.381. The number of carbonyl (C=O) groups excluding carboxylic acids is 1. The number of fused-ring (bicyclic) bond motifs is 4. The highest BCUT2D eigenvalue weighted by molar-refractivity contribution is 5.82. The van der Waals surface area contributed by atoms with Gasteiger partial charge in [-0.05, 0) is 98.5 Å². The summed E-state index contributed by atoms with van der Waals surface area (Å²) < 4.78 is 80.5. The topological polar surface area (TPSA) is 114 Å². The fraction of sp³-hybridized carbons (Fsp3) is 0.526. The lowest BCUT2D eigenvalue weighted by Gasteiger charge is -2.47. The Labute approximate surface area is 299 Å². The van der Waals surface area contributed by atoms with E-state index < -0.39 is 65.0 Å². The number of hydrogen-bond donors (Lipinski definition) is 2. The third-order valence-electron chi connectivity index (χ3n) is 10.3. The maximum atomic E-state index is 16.0. The van der Waals surface area contributed by atoms with Crippen LogP contribution in [0.15, 0.2) is 35.3 Å². The minimum Gasteiger partial charge on any atom is -0.481 e. The normalized spacial score (nSPS) is 20.1. The number of carboxylic acids is 1. The van der Waals surface area contributed by atoms with Crippen LogP contribution in [0.25, 0.3) is 11.1 Å². The van der Waals surface area contributed by atoms with Crippen molar-refractivity contribution in [3.63, 3.8) is 0 Å². The van der Waals surface area contributed by atoms with E-state index in [4.69, 9.17) is 4.74 Å². The number of benzene rings is 2. The number of carbonyl (C=O) groups is 2. The molecule has 2 atom stereocenters. The van der Waals surface area contributed by atoms with Gasteiger partial charge in [-0.1, -0.05) is 25.7 Å². The number of halogens is 5. The molecule has 1 aromatic heterocycles. The predicted molar refractivity (Wildman–Crippen MR) is 184 cm³/mol. The molecule has 1 saturated heterocycles. The van der Waals surface area contributed by atoms with E-state index in [1.165, 1.54) is 16.7 Å².